The van der Waals surface area contributed by atoms with E-state index >= 15 is 0 Å². The zero-order valence-corrected chi connectivity index (χ0v) is 7.04. The molecule has 1 aliphatic heterocycles. The van der Waals surface area contributed by atoms with E-state index < -0.39 is 0 Å². The molecule has 63 valence electrons. The molecule has 1 rings (SSSR count). The molecule has 11 heavy (non-hydrogen) atoms. The van der Waals surface area contributed by atoms with Crippen molar-refractivity contribution >= 4 is 5.97 Å². The average Bonchev–Trinajstić information content (AvgIpc) is 2.35. The van der Waals surface area contributed by atoms with Gasteiger partial charge in [0.15, 0.2) is 0 Å². The summed E-state index contributed by atoms with van der Waals surface area (Å²) in [6.07, 6.45) is 1.43. The second-order valence-corrected chi connectivity index (χ2v) is 2.82. The van der Waals surface area contributed by atoms with Gasteiger partial charge in [-0.25, -0.2) is 0 Å². The van der Waals surface area contributed by atoms with Crippen molar-refractivity contribution in [1.82, 2.24) is 4.90 Å². The molecule has 0 bridgehead atoms. The molecule has 0 N–H and O–H groups in total. The number of hydrogen-bond donors (Lipinski definition) is 0. The number of rotatable bonds is 2. The van der Waals surface area contributed by atoms with E-state index in [2.05, 4.69) is 0 Å². The van der Waals surface area contributed by atoms with Crippen LogP contribution in [0.2, 0.25) is 0 Å². The summed E-state index contributed by atoms with van der Waals surface area (Å²) in [7, 11) is 1.99. The number of likely N-dealkylation sites (tertiary alicyclic amines) is 1. The fourth-order valence-electron chi connectivity index (χ4n) is 1.12. The highest BCUT2D eigenvalue weighted by Gasteiger charge is 2.22. The minimum absolute atomic E-state index is 0.0902. The summed E-state index contributed by atoms with van der Waals surface area (Å²) in [5, 5.41) is 0. The van der Waals surface area contributed by atoms with E-state index in [0.717, 1.165) is 13.0 Å². The van der Waals surface area contributed by atoms with E-state index in [0.29, 0.717) is 6.42 Å². The Labute approximate surface area is 67.3 Å². The molecular formula is C8H14NO2. The van der Waals surface area contributed by atoms with Gasteiger partial charge in [-0.15, -0.1) is 0 Å². The predicted octanol–water partition coefficient (Wildman–Crippen LogP) is 0.805. The molecule has 0 aromatic rings. The molecule has 0 amide bonds. The summed E-state index contributed by atoms with van der Waals surface area (Å²) >= 11 is 0. The van der Waals surface area contributed by atoms with E-state index in [1.165, 1.54) is 0 Å². The molecule has 1 unspecified atom stereocenters. The Morgan fingerprint density at radius 3 is 3.00 bits per heavy atom. The molecule has 3 nitrogen and oxygen atoms in total. The highest BCUT2D eigenvalue weighted by Crippen LogP contribution is 2.14. The maximum absolute atomic E-state index is 10.8. The smallest absolute Gasteiger partial charge is 0.305 e. The number of carbonyl (C=O) groups excluding carboxylic acids is 1. The summed E-state index contributed by atoms with van der Waals surface area (Å²) in [4.78, 5) is 12.9. The van der Waals surface area contributed by atoms with Gasteiger partial charge in [0, 0.05) is 25.9 Å². The van der Waals surface area contributed by atoms with Crippen molar-refractivity contribution in [3.8, 4) is 0 Å². The van der Waals surface area contributed by atoms with Crippen LogP contribution in [-0.2, 0) is 9.53 Å². The van der Waals surface area contributed by atoms with Gasteiger partial charge in [-0.2, -0.15) is 0 Å². The van der Waals surface area contributed by atoms with E-state index in [-0.39, 0.29) is 12.1 Å². The van der Waals surface area contributed by atoms with Crippen molar-refractivity contribution in [2.75, 3.05) is 13.6 Å². The fraction of sp³-hybridized carbons (Fsp3) is 0.750. The third-order valence-electron chi connectivity index (χ3n) is 1.76. The van der Waals surface area contributed by atoms with E-state index in [9.17, 15) is 4.79 Å². The molecule has 1 radical (unpaired) electrons. The summed E-state index contributed by atoms with van der Waals surface area (Å²) < 4.78 is 5.12. The van der Waals surface area contributed by atoms with Crippen LogP contribution in [0.25, 0.3) is 0 Å². The normalized spacial score (nSPS) is 25.5. The van der Waals surface area contributed by atoms with E-state index in [1.807, 2.05) is 25.4 Å². The molecule has 1 fully saturated rings. The lowest BCUT2D eigenvalue weighted by Crippen LogP contribution is -2.21. The van der Waals surface area contributed by atoms with Crippen LogP contribution in [0.4, 0.5) is 0 Å². The van der Waals surface area contributed by atoms with Gasteiger partial charge in [0.25, 0.3) is 0 Å². The number of nitrogens with zero attached hydrogens (tertiary/aromatic N) is 1. The third kappa shape index (κ3) is 2.50. The Bertz CT molecular complexity index is 147. The van der Waals surface area contributed by atoms with E-state index in [4.69, 9.17) is 4.74 Å². The SMILES string of the molecule is CCC(=O)OC1C[CH]N(C)C1. The molecule has 0 aliphatic carbocycles. The molecule has 0 aromatic carbocycles. The van der Waals surface area contributed by atoms with Crippen molar-refractivity contribution in [3.63, 3.8) is 0 Å². The van der Waals surface area contributed by atoms with Crippen LogP contribution in [0.15, 0.2) is 0 Å². The number of carbonyl (C=O) groups is 1. The zero-order chi connectivity index (χ0) is 8.27. The lowest BCUT2D eigenvalue weighted by Gasteiger charge is -2.10. The van der Waals surface area contributed by atoms with Gasteiger partial charge >= 0.3 is 5.97 Å². The van der Waals surface area contributed by atoms with Gasteiger partial charge in [-0.3, -0.25) is 9.69 Å². The van der Waals surface area contributed by atoms with Crippen LogP contribution < -0.4 is 0 Å². The number of ether oxygens (including phenoxy) is 1. The lowest BCUT2D eigenvalue weighted by molar-refractivity contribution is -0.147. The minimum Gasteiger partial charge on any atom is -0.461 e. The first-order chi connectivity index (χ1) is 5.22. The average molecular weight is 156 g/mol. The maximum atomic E-state index is 10.8. The molecule has 0 saturated carbocycles. The monoisotopic (exact) mass is 156 g/mol. The Kier molecular flexibility index (Phi) is 2.88. The lowest BCUT2D eigenvalue weighted by atomic mass is 10.3. The van der Waals surface area contributed by atoms with Crippen molar-refractivity contribution in [2.24, 2.45) is 0 Å². The van der Waals surface area contributed by atoms with Crippen molar-refractivity contribution < 1.29 is 9.53 Å². The van der Waals surface area contributed by atoms with Crippen LogP contribution in [0.5, 0.6) is 0 Å². The Balaban J connectivity index is 2.23. The second kappa shape index (κ2) is 3.72. The zero-order valence-electron chi connectivity index (χ0n) is 7.04. The largest absolute Gasteiger partial charge is 0.461 e. The minimum atomic E-state index is -0.0984. The second-order valence-electron chi connectivity index (χ2n) is 2.82. The molecule has 0 spiro atoms. The van der Waals surface area contributed by atoms with Crippen LogP contribution in [0.3, 0.4) is 0 Å². The number of likely N-dealkylation sites (N-methyl/N-ethyl adjacent to an activating group) is 1. The van der Waals surface area contributed by atoms with Gasteiger partial charge in [0.2, 0.25) is 0 Å². The maximum Gasteiger partial charge on any atom is 0.305 e. The first kappa shape index (κ1) is 8.53. The van der Waals surface area contributed by atoms with Crippen molar-refractivity contribution in [1.29, 1.82) is 0 Å². The molecule has 1 saturated heterocycles. The molecule has 0 aromatic heterocycles. The summed E-state index contributed by atoms with van der Waals surface area (Å²) in [6.45, 7) is 4.70. The van der Waals surface area contributed by atoms with Gasteiger partial charge in [0.05, 0.1) is 0 Å². The molecular weight excluding hydrogens is 142 g/mol. The summed E-state index contributed by atoms with van der Waals surface area (Å²) in [5.74, 6) is -0.0984. The Hall–Kier alpha value is -0.570. The van der Waals surface area contributed by atoms with E-state index in [1.54, 1.807) is 0 Å². The van der Waals surface area contributed by atoms with Crippen LogP contribution in [0.1, 0.15) is 19.8 Å². The van der Waals surface area contributed by atoms with Crippen LogP contribution in [0, 0.1) is 6.54 Å². The summed E-state index contributed by atoms with van der Waals surface area (Å²) in [6, 6.07) is 0. The first-order valence-electron chi connectivity index (χ1n) is 3.95. The number of hydrogen-bond acceptors (Lipinski definition) is 3. The Morgan fingerprint density at radius 1 is 1.82 bits per heavy atom. The standard InChI is InChI=1S/C8H14NO2/c1-3-8(10)11-7-4-5-9(2)6-7/h5,7H,3-4,6H2,1-2H3. The predicted molar refractivity (Wildman–Crippen MR) is 41.7 cm³/mol. The van der Waals surface area contributed by atoms with Gasteiger partial charge in [-0.1, -0.05) is 6.92 Å². The number of esters is 1. The van der Waals surface area contributed by atoms with Crippen LogP contribution in [-0.4, -0.2) is 30.6 Å². The summed E-state index contributed by atoms with van der Waals surface area (Å²) in [5.41, 5.74) is 0. The van der Waals surface area contributed by atoms with Gasteiger partial charge < -0.3 is 4.74 Å². The fourth-order valence-corrected chi connectivity index (χ4v) is 1.12. The highest BCUT2D eigenvalue weighted by molar-refractivity contribution is 5.69. The van der Waals surface area contributed by atoms with Crippen molar-refractivity contribution in [2.45, 2.75) is 25.9 Å². The molecule has 1 atom stereocenters. The topological polar surface area (TPSA) is 29.5 Å². The molecule has 3 heteroatoms. The quantitative estimate of drug-likeness (QED) is 0.554. The Morgan fingerprint density at radius 2 is 2.55 bits per heavy atom. The third-order valence-corrected chi connectivity index (χ3v) is 1.76. The highest BCUT2D eigenvalue weighted by atomic mass is 16.5. The van der Waals surface area contributed by atoms with Crippen molar-refractivity contribution in [3.05, 3.63) is 6.54 Å². The first-order valence-corrected chi connectivity index (χ1v) is 3.95. The molecule has 1 aliphatic rings. The molecule has 1 heterocycles. The van der Waals surface area contributed by atoms with Gasteiger partial charge in [0.1, 0.15) is 6.10 Å². The van der Waals surface area contributed by atoms with Gasteiger partial charge in [-0.05, 0) is 7.05 Å². The van der Waals surface area contributed by atoms with Crippen LogP contribution >= 0.6 is 0 Å².